The number of urea groups is 1. The number of ketones is 1. The Labute approximate surface area is 160 Å². The van der Waals surface area contributed by atoms with Gasteiger partial charge in [0.05, 0.1) is 6.54 Å². The highest BCUT2D eigenvalue weighted by atomic mass is 16.2. The summed E-state index contributed by atoms with van der Waals surface area (Å²) >= 11 is 0. The number of amides is 3. The number of imide groups is 1. The smallest absolute Gasteiger partial charge is 0.325 e. The second kappa shape index (κ2) is 6.50. The van der Waals surface area contributed by atoms with Crippen molar-refractivity contribution in [3.63, 3.8) is 0 Å². The van der Waals surface area contributed by atoms with E-state index in [4.69, 9.17) is 0 Å². The molecule has 3 aliphatic rings. The number of Topliss-reactive ketones (excluding diaryl/α,β-unsaturated/α-hetero) is 1. The standard InChI is InChI=1S/C21H29N3O3/c1-4-15-7-9-21(10-8-15)19(26)23(20(27)22-21)12-18(25)17-11-13(2)24(14(17)3)16-5-6-16/h11,15-16H,4-10,12H2,1-3H3,(H,22,27). The first-order valence-corrected chi connectivity index (χ1v) is 10.2. The van der Waals surface area contributed by atoms with Gasteiger partial charge >= 0.3 is 6.03 Å². The Balaban J connectivity index is 1.50. The zero-order chi connectivity index (χ0) is 19.3. The van der Waals surface area contributed by atoms with Crippen LogP contribution in [0.5, 0.6) is 0 Å². The number of aryl methyl sites for hydroxylation is 1. The molecule has 1 aromatic rings. The number of aromatic nitrogens is 1. The van der Waals surface area contributed by atoms with Gasteiger partial charge in [-0.05, 0) is 64.4 Å². The van der Waals surface area contributed by atoms with Gasteiger partial charge in [0.1, 0.15) is 5.54 Å². The Bertz CT molecular complexity index is 798. The molecule has 6 heteroatoms. The van der Waals surface area contributed by atoms with E-state index in [2.05, 4.69) is 16.8 Å². The lowest BCUT2D eigenvalue weighted by Crippen LogP contribution is -2.49. The number of rotatable bonds is 5. The molecule has 4 rings (SSSR count). The minimum absolute atomic E-state index is 0.155. The predicted octanol–water partition coefficient (Wildman–Crippen LogP) is 3.51. The van der Waals surface area contributed by atoms with E-state index in [1.54, 1.807) is 0 Å². The van der Waals surface area contributed by atoms with Gasteiger partial charge in [-0.1, -0.05) is 13.3 Å². The van der Waals surface area contributed by atoms with Gasteiger partial charge in [0, 0.05) is 23.0 Å². The van der Waals surface area contributed by atoms with Crippen LogP contribution >= 0.6 is 0 Å². The highest BCUT2D eigenvalue weighted by molar-refractivity contribution is 6.11. The van der Waals surface area contributed by atoms with E-state index in [-0.39, 0.29) is 18.2 Å². The van der Waals surface area contributed by atoms with Gasteiger partial charge in [0.2, 0.25) is 0 Å². The Morgan fingerprint density at radius 2 is 1.85 bits per heavy atom. The van der Waals surface area contributed by atoms with Crippen LogP contribution in [0.25, 0.3) is 0 Å². The second-order valence-corrected chi connectivity index (χ2v) is 8.56. The fraction of sp³-hybridized carbons (Fsp3) is 0.667. The third kappa shape index (κ3) is 2.99. The van der Waals surface area contributed by atoms with Crippen molar-refractivity contribution in [2.75, 3.05) is 6.54 Å². The molecular formula is C21H29N3O3. The van der Waals surface area contributed by atoms with Crippen LogP contribution in [-0.2, 0) is 4.79 Å². The Morgan fingerprint density at radius 3 is 2.44 bits per heavy atom. The number of nitrogens with zero attached hydrogens (tertiary/aromatic N) is 2. The molecule has 0 unspecified atom stereocenters. The molecule has 0 radical (unpaired) electrons. The first-order chi connectivity index (χ1) is 12.9. The minimum atomic E-state index is -0.784. The molecular weight excluding hydrogens is 342 g/mol. The van der Waals surface area contributed by atoms with Crippen LogP contribution in [0, 0.1) is 19.8 Å². The van der Waals surface area contributed by atoms with Crippen LogP contribution in [-0.4, -0.2) is 39.3 Å². The minimum Gasteiger partial charge on any atom is -0.345 e. The molecule has 1 aliphatic heterocycles. The summed E-state index contributed by atoms with van der Waals surface area (Å²) in [6, 6.07) is 1.98. The summed E-state index contributed by atoms with van der Waals surface area (Å²) in [5.41, 5.74) is 1.87. The predicted molar refractivity (Wildman–Crippen MR) is 102 cm³/mol. The average molecular weight is 371 g/mol. The number of hydrogen-bond donors (Lipinski definition) is 1. The molecule has 2 heterocycles. The summed E-state index contributed by atoms with van der Waals surface area (Å²) in [4.78, 5) is 39.5. The van der Waals surface area contributed by atoms with Gasteiger partial charge in [-0.15, -0.1) is 0 Å². The van der Waals surface area contributed by atoms with Crippen molar-refractivity contribution in [3.8, 4) is 0 Å². The third-order valence-electron chi connectivity index (χ3n) is 6.78. The lowest BCUT2D eigenvalue weighted by Gasteiger charge is -2.34. The zero-order valence-corrected chi connectivity index (χ0v) is 16.5. The maximum Gasteiger partial charge on any atom is 0.325 e. The molecule has 1 aromatic heterocycles. The quantitative estimate of drug-likeness (QED) is 0.636. The molecule has 0 bridgehead atoms. The molecule has 1 spiro atoms. The summed E-state index contributed by atoms with van der Waals surface area (Å²) in [7, 11) is 0. The van der Waals surface area contributed by atoms with E-state index in [9.17, 15) is 14.4 Å². The normalized spacial score (nSPS) is 28.1. The molecule has 2 aliphatic carbocycles. The van der Waals surface area contributed by atoms with E-state index in [1.807, 2.05) is 19.9 Å². The highest BCUT2D eigenvalue weighted by Gasteiger charge is 2.52. The van der Waals surface area contributed by atoms with Crippen LogP contribution in [0.2, 0.25) is 0 Å². The monoisotopic (exact) mass is 371 g/mol. The summed E-state index contributed by atoms with van der Waals surface area (Å²) in [5, 5.41) is 2.91. The molecule has 0 atom stereocenters. The molecule has 3 amide bonds. The Hall–Kier alpha value is -2.11. The number of carbonyl (C=O) groups excluding carboxylic acids is 3. The van der Waals surface area contributed by atoms with Crippen molar-refractivity contribution in [1.29, 1.82) is 0 Å². The molecule has 27 heavy (non-hydrogen) atoms. The van der Waals surface area contributed by atoms with Gasteiger partial charge in [0.15, 0.2) is 5.78 Å². The molecule has 0 aromatic carbocycles. The molecule has 3 fully saturated rings. The van der Waals surface area contributed by atoms with Gasteiger partial charge in [-0.25, -0.2) is 4.79 Å². The molecule has 6 nitrogen and oxygen atoms in total. The lowest BCUT2D eigenvalue weighted by molar-refractivity contribution is -0.132. The Kier molecular flexibility index (Phi) is 4.40. The maximum atomic E-state index is 13.0. The van der Waals surface area contributed by atoms with Crippen molar-refractivity contribution in [2.45, 2.75) is 77.3 Å². The largest absolute Gasteiger partial charge is 0.345 e. The second-order valence-electron chi connectivity index (χ2n) is 8.56. The fourth-order valence-electron chi connectivity index (χ4n) is 4.92. The van der Waals surface area contributed by atoms with Crippen LogP contribution in [0.3, 0.4) is 0 Å². The van der Waals surface area contributed by atoms with E-state index in [1.165, 1.54) is 0 Å². The summed E-state index contributed by atoms with van der Waals surface area (Å²) in [5.74, 6) is 0.257. The Morgan fingerprint density at radius 1 is 1.19 bits per heavy atom. The SMILES string of the molecule is CCC1CCC2(CC1)NC(=O)N(CC(=O)c1cc(C)n(C3CC3)c1C)C2=O. The van der Waals surface area contributed by atoms with Crippen LogP contribution in [0.15, 0.2) is 6.07 Å². The topological polar surface area (TPSA) is 71.4 Å². The van der Waals surface area contributed by atoms with Crippen LogP contribution in [0.4, 0.5) is 4.79 Å². The van der Waals surface area contributed by atoms with E-state index >= 15 is 0 Å². The number of carbonyl (C=O) groups is 3. The zero-order valence-electron chi connectivity index (χ0n) is 16.5. The molecule has 1 saturated heterocycles. The third-order valence-corrected chi connectivity index (χ3v) is 6.78. The van der Waals surface area contributed by atoms with Crippen molar-refractivity contribution in [3.05, 3.63) is 23.0 Å². The van der Waals surface area contributed by atoms with Gasteiger partial charge in [-0.3, -0.25) is 14.5 Å². The summed E-state index contributed by atoms with van der Waals surface area (Å²) < 4.78 is 2.21. The number of nitrogens with one attached hydrogen (secondary N) is 1. The summed E-state index contributed by atoms with van der Waals surface area (Å²) in [6.45, 7) is 5.97. The number of hydrogen-bond acceptors (Lipinski definition) is 3. The highest BCUT2D eigenvalue weighted by Crippen LogP contribution is 2.39. The van der Waals surface area contributed by atoms with Crippen molar-refractivity contribution >= 4 is 17.7 Å². The average Bonchev–Trinajstić information content (AvgIpc) is 3.40. The lowest BCUT2D eigenvalue weighted by atomic mass is 9.75. The molecule has 2 saturated carbocycles. The van der Waals surface area contributed by atoms with E-state index in [0.717, 1.165) is 48.4 Å². The first-order valence-electron chi connectivity index (χ1n) is 10.2. The summed E-state index contributed by atoms with van der Waals surface area (Å²) in [6.07, 6.45) is 6.67. The maximum absolute atomic E-state index is 13.0. The van der Waals surface area contributed by atoms with E-state index in [0.29, 0.717) is 30.4 Å². The van der Waals surface area contributed by atoms with Crippen LogP contribution in [0.1, 0.15) is 79.7 Å². The van der Waals surface area contributed by atoms with Gasteiger partial charge in [0.25, 0.3) is 5.91 Å². The van der Waals surface area contributed by atoms with Crippen molar-refractivity contribution < 1.29 is 14.4 Å². The van der Waals surface area contributed by atoms with Crippen molar-refractivity contribution in [1.82, 2.24) is 14.8 Å². The van der Waals surface area contributed by atoms with Gasteiger partial charge < -0.3 is 9.88 Å². The van der Waals surface area contributed by atoms with Crippen LogP contribution < -0.4 is 5.32 Å². The fourth-order valence-corrected chi connectivity index (χ4v) is 4.92. The molecule has 1 N–H and O–H groups in total. The van der Waals surface area contributed by atoms with E-state index < -0.39 is 11.6 Å². The first kappa shape index (κ1) is 18.3. The van der Waals surface area contributed by atoms with Gasteiger partial charge in [-0.2, -0.15) is 0 Å². The van der Waals surface area contributed by atoms with Crippen molar-refractivity contribution in [2.24, 2.45) is 5.92 Å². The molecule has 146 valence electrons.